The van der Waals surface area contributed by atoms with Gasteiger partial charge in [-0.3, -0.25) is 0 Å². The molecule has 1 fully saturated rings. The maximum absolute atomic E-state index is 12.7. The van der Waals surface area contributed by atoms with E-state index in [0.717, 1.165) is 23.1 Å². The average molecular weight is 468 g/mol. The second-order valence-corrected chi connectivity index (χ2v) is 9.87. The van der Waals surface area contributed by atoms with E-state index in [1.807, 2.05) is 23.1 Å². The maximum Gasteiger partial charge on any atom is 0.246 e. The summed E-state index contributed by atoms with van der Waals surface area (Å²) in [6.45, 7) is 2.89. The van der Waals surface area contributed by atoms with Gasteiger partial charge in [0.15, 0.2) is 0 Å². The number of sulfonamides is 1. The van der Waals surface area contributed by atoms with E-state index in [9.17, 15) is 13.7 Å². The van der Waals surface area contributed by atoms with Crippen LogP contribution in [0.3, 0.4) is 0 Å². The van der Waals surface area contributed by atoms with Crippen LogP contribution in [0.15, 0.2) is 57.8 Å². The van der Waals surface area contributed by atoms with Crippen molar-refractivity contribution in [2.45, 2.75) is 4.90 Å². The van der Waals surface area contributed by atoms with Gasteiger partial charge in [0.05, 0.1) is 7.11 Å². The van der Waals surface area contributed by atoms with Gasteiger partial charge in [-0.25, -0.2) is 12.7 Å². The smallest absolute Gasteiger partial charge is 0.246 e. The van der Waals surface area contributed by atoms with Crippen LogP contribution in [-0.2, 0) is 10.0 Å². The highest BCUT2D eigenvalue weighted by Crippen LogP contribution is 2.34. The first-order valence-electron chi connectivity index (χ1n) is 10.4. The normalized spacial score (nSPS) is 14.4. The predicted octanol–water partition coefficient (Wildman–Crippen LogP) is 2.80. The number of anilines is 2. The molecule has 0 unspecified atom stereocenters. The molecule has 172 valence electrons. The minimum atomic E-state index is -3.75. The van der Waals surface area contributed by atoms with Gasteiger partial charge in [-0.05, 0) is 30.3 Å². The zero-order valence-corrected chi connectivity index (χ0v) is 19.5. The van der Waals surface area contributed by atoms with Gasteiger partial charge in [0.2, 0.25) is 27.5 Å². The maximum atomic E-state index is 12.7. The number of para-hydroxylation sites is 1. The van der Waals surface area contributed by atoms with E-state index >= 15 is 0 Å². The molecule has 3 aromatic rings. The number of aromatic nitrogens is 1. The van der Waals surface area contributed by atoms with Crippen molar-refractivity contribution in [3.05, 3.63) is 54.2 Å². The molecule has 0 radical (unpaired) electrons. The lowest BCUT2D eigenvalue weighted by atomic mass is 10.2. The summed E-state index contributed by atoms with van der Waals surface area (Å²) in [6, 6.07) is 16.9. The molecule has 0 atom stereocenters. The number of nitriles is 1. The van der Waals surface area contributed by atoms with Crippen molar-refractivity contribution < 1.29 is 17.6 Å². The van der Waals surface area contributed by atoms with Crippen LogP contribution in [0.4, 0.5) is 11.6 Å². The first-order valence-corrected chi connectivity index (χ1v) is 11.9. The molecule has 0 saturated carbocycles. The molecule has 4 rings (SSSR count). The zero-order chi connectivity index (χ0) is 23.6. The summed E-state index contributed by atoms with van der Waals surface area (Å²) in [6.07, 6.45) is 0. The van der Waals surface area contributed by atoms with Crippen LogP contribution >= 0.6 is 0 Å². The van der Waals surface area contributed by atoms with E-state index < -0.39 is 10.0 Å². The van der Waals surface area contributed by atoms with Crippen molar-refractivity contribution in [1.82, 2.24) is 9.29 Å². The summed E-state index contributed by atoms with van der Waals surface area (Å²) in [5, 5.41) is 9.65. The molecule has 0 aliphatic carbocycles. The fourth-order valence-electron chi connectivity index (χ4n) is 3.74. The quantitative estimate of drug-likeness (QED) is 0.545. The second kappa shape index (κ2) is 9.13. The van der Waals surface area contributed by atoms with E-state index in [4.69, 9.17) is 9.15 Å². The van der Waals surface area contributed by atoms with Crippen LogP contribution in [0.25, 0.3) is 11.5 Å². The highest BCUT2D eigenvalue weighted by atomic mass is 32.2. The summed E-state index contributed by atoms with van der Waals surface area (Å²) in [7, 11) is 0.562. The first-order chi connectivity index (χ1) is 15.8. The van der Waals surface area contributed by atoms with Gasteiger partial charge in [-0.2, -0.15) is 10.2 Å². The number of nitrogens with zero attached hydrogens (tertiary/aromatic N) is 5. The lowest BCUT2D eigenvalue weighted by molar-refractivity contribution is 0.400. The number of ether oxygens (including phenoxy) is 1. The number of benzene rings is 2. The standard InChI is InChI=1S/C23H25N5O4S/c1-26(2)33(29,30)21-15-17(9-10-20(21)31-3)22-25-19(16-24)23(32-22)28-13-11-27(12-14-28)18-7-5-4-6-8-18/h4-10,15H,11-14H2,1-3H3. The van der Waals surface area contributed by atoms with Crippen molar-refractivity contribution in [2.75, 3.05) is 57.2 Å². The van der Waals surface area contributed by atoms with Gasteiger partial charge >= 0.3 is 0 Å². The first kappa shape index (κ1) is 22.6. The second-order valence-electron chi connectivity index (χ2n) is 7.75. The van der Waals surface area contributed by atoms with E-state index in [-0.39, 0.29) is 22.2 Å². The van der Waals surface area contributed by atoms with Crippen molar-refractivity contribution in [3.8, 4) is 23.3 Å². The molecule has 9 nitrogen and oxygen atoms in total. The van der Waals surface area contributed by atoms with E-state index in [1.54, 1.807) is 12.1 Å². The van der Waals surface area contributed by atoms with E-state index in [1.165, 1.54) is 27.3 Å². The Kier molecular flexibility index (Phi) is 6.26. The molecular formula is C23H25N5O4S. The Labute approximate surface area is 193 Å². The number of oxazole rings is 1. The molecule has 1 aliphatic rings. The van der Waals surface area contributed by atoms with Crippen LogP contribution in [0.1, 0.15) is 5.69 Å². The highest BCUT2D eigenvalue weighted by Gasteiger charge is 2.27. The Bertz CT molecular complexity index is 1270. The molecule has 33 heavy (non-hydrogen) atoms. The van der Waals surface area contributed by atoms with Gasteiger partial charge in [-0.1, -0.05) is 18.2 Å². The van der Waals surface area contributed by atoms with Gasteiger partial charge in [0, 0.05) is 51.5 Å². The van der Waals surface area contributed by atoms with Gasteiger partial charge in [0.25, 0.3) is 0 Å². The zero-order valence-electron chi connectivity index (χ0n) is 18.7. The van der Waals surface area contributed by atoms with Crippen molar-refractivity contribution in [1.29, 1.82) is 5.26 Å². The van der Waals surface area contributed by atoms with Gasteiger partial charge in [-0.15, -0.1) is 0 Å². The largest absolute Gasteiger partial charge is 0.495 e. The average Bonchev–Trinajstić information content (AvgIpc) is 3.28. The topological polar surface area (TPSA) is 103 Å². The van der Waals surface area contributed by atoms with Crippen LogP contribution in [0, 0.1) is 11.3 Å². The van der Waals surface area contributed by atoms with Crippen molar-refractivity contribution >= 4 is 21.6 Å². The lowest BCUT2D eigenvalue weighted by Gasteiger charge is -2.35. The van der Waals surface area contributed by atoms with Crippen LogP contribution in [0.5, 0.6) is 5.75 Å². The molecule has 1 saturated heterocycles. The Balaban J connectivity index is 1.62. The van der Waals surface area contributed by atoms with E-state index in [2.05, 4.69) is 28.1 Å². The van der Waals surface area contributed by atoms with Crippen LogP contribution in [0.2, 0.25) is 0 Å². The van der Waals surface area contributed by atoms with Crippen LogP contribution in [-0.4, -0.2) is 65.1 Å². The van der Waals surface area contributed by atoms with Gasteiger partial charge in [0.1, 0.15) is 16.7 Å². The Morgan fingerprint density at radius 2 is 1.73 bits per heavy atom. The fourth-order valence-corrected chi connectivity index (χ4v) is 4.81. The molecule has 0 amide bonds. The summed E-state index contributed by atoms with van der Waals surface area (Å²) in [5.74, 6) is 0.801. The number of hydrogen-bond donors (Lipinski definition) is 0. The minimum Gasteiger partial charge on any atom is -0.495 e. The monoisotopic (exact) mass is 467 g/mol. The lowest BCUT2D eigenvalue weighted by Crippen LogP contribution is -2.46. The molecule has 1 aromatic heterocycles. The summed E-state index contributed by atoms with van der Waals surface area (Å²) in [4.78, 5) is 8.62. The Hall–Kier alpha value is -3.55. The molecule has 0 spiro atoms. The number of methoxy groups -OCH3 is 1. The molecule has 2 heterocycles. The molecule has 10 heteroatoms. The number of piperazine rings is 1. The van der Waals surface area contributed by atoms with Gasteiger partial charge < -0.3 is 19.0 Å². The summed E-state index contributed by atoms with van der Waals surface area (Å²) >= 11 is 0. The summed E-state index contributed by atoms with van der Waals surface area (Å²) < 4.78 is 37.9. The molecular weight excluding hydrogens is 442 g/mol. The molecule has 0 N–H and O–H groups in total. The molecule has 0 bridgehead atoms. The molecule has 2 aromatic carbocycles. The highest BCUT2D eigenvalue weighted by molar-refractivity contribution is 7.89. The van der Waals surface area contributed by atoms with Crippen molar-refractivity contribution in [2.24, 2.45) is 0 Å². The number of hydrogen-bond acceptors (Lipinski definition) is 8. The molecule has 1 aliphatic heterocycles. The number of rotatable bonds is 6. The fraction of sp³-hybridized carbons (Fsp3) is 0.304. The van der Waals surface area contributed by atoms with Crippen LogP contribution < -0.4 is 14.5 Å². The third kappa shape index (κ3) is 4.37. The SMILES string of the molecule is COc1ccc(-c2nc(C#N)c(N3CCN(c4ccccc4)CC3)o2)cc1S(=O)(=O)N(C)C. The Morgan fingerprint density at radius 1 is 1.06 bits per heavy atom. The Morgan fingerprint density at radius 3 is 2.33 bits per heavy atom. The van der Waals surface area contributed by atoms with E-state index in [0.29, 0.717) is 24.5 Å². The van der Waals surface area contributed by atoms with Crippen molar-refractivity contribution in [3.63, 3.8) is 0 Å². The third-order valence-corrected chi connectivity index (χ3v) is 7.41. The summed E-state index contributed by atoms with van der Waals surface area (Å²) in [5.41, 5.74) is 1.77. The third-order valence-electron chi connectivity index (χ3n) is 5.57. The predicted molar refractivity (Wildman–Crippen MR) is 125 cm³/mol. The minimum absolute atomic E-state index is 0.00207.